The topological polar surface area (TPSA) is 124 Å². The smallest absolute Gasteiger partial charge is 0.326 e. The van der Waals surface area contributed by atoms with Crippen LogP contribution < -0.4 is 20.7 Å². The van der Waals surface area contributed by atoms with E-state index in [1.165, 1.54) is 18.2 Å². The molecule has 0 aliphatic heterocycles. The van der Waals surface area contributed by atoms with Gasteiger partial charge in [0.1, 0.15) is 12.4 Å². The molecule has 0 bridgehead atoms. The molecule has 3 aromatic rings. The maximum atomic E-state index is 12.8. The molecule has 1 heterocycles. The Morgan fingerprint density at radius 1 is 1.03 bits per heavy atom. The van der Waals surface area contributed by atoms with E-state index in [1.54, 1.807) is 12.1 Å². The maximum Gasteiger partial charge on any atom is 0.326 e. The summed E-state index contributed by atoms with van der Waals surface area (Å²) in [4.78, 5) is 30.1. The van der Waals surface area contributed by atoms with Crippen molar-refractivity contribution < 1.29 is 13.2 Å². The lowest BCUT2D eigenvalue weighted by Crippen LogP contribution is -2.28. The SMILES string of the molecule is CCN(CC)CCOc1ccccc1CNS(=O)(=O)c1ccc2[nH]c(=O)[nH]c(=O)c2c1. The zero-order chi connectivity index (χ0) is 22.4. The van der Waals surface area contributed by atoms with Crippen LogP contribution in [0.4, 0.5) is 0 Å². The summed E-state index contributed by atoms with van der Waals surface area (Å²) in [6.07, 6.45) is 0. The second kappa shape index (κ2) is 9.90. The normalized spacial score (nSPS) is 11.8. The van der Waals surface area contributed by atoms with Crippen LogP contribution in [0.15, 0.2) is 56.9 Å². The molecule has 9 nitrogen and oxygen atoms in total. The predicted octanol–water partition coefficient (Wildman–Crippen LogP) is 1.42. The van der Waals surface area contributed by atoms with Crippen molar-refractivity contribution in [1.82, 2.24) is 19.6 Å². The van der Waals surface area contributed by atoms with E-state index in [4.69, 9.17) is 4.74 Å². The standard InChI is InChI=1S/C21H26N4O5S/c1-3-25(4-2)11-12-30-19-8-6-5-7-15(19)14-22-31(28,29)16-9-10-18-17(13-16)20(26)24-21(27)23-18/h5-10,13,22H,3-4,11-12,14H2,1-2H3,(H2,23,24,26,27). The third-order valence-electron chi connectivity index (χ3n) is 5.01. The number of hydrogen-bond donors (Lipinski definition) is 3. The number of benzene rings is 2. The van der Waals surface area contributed by atoms with Crippen LogP contribution in [-0.4, -0.2) is 49.5 Å². The van der Waals surface area contributed by atoms with Gasteiger partial charge in [-0.05, 0) is 37.4 Å². The minimum absolute atomic E-state index is 0.0315. The molecule has 0 radical (unpaired) electrons. The van der Waals surface area contributed by atoms with Gasteiger partial charge in [0.25, 0.3) is 5.56 Å². The molecule has 0 fully saturated rings. The van der Waals surface area contributed by atoms with E-state index in [2.05, 4.69) is 33.4 Å². The van der Waals surface area contributed by atoms with Crippen LogP contribution in [0.1, 0.15) is 19.4 Å². The number of sulfonamides is 1. The van der Waals surface area contributed by atoms with Crippen molar-refractivity contribution >= 4 is 20.9 Å². The summed E-state index contributed by atoms with van der Waals surface area (Å²) in [5, 5.41) is 0.0858. The Kier molecular flexibility index (Phi) is 7.26. The van der Waals surface area contributed by atoms with Gasteiger partial charge in [-0.3, -0.25) is 9.78 Å². The molecule has 31 heavy (non-hydrogen) atoms. The average Bonchev–Trinajstić information content (AvgIpc) is 2.75. The monoisotopic (exact) mass is 446 g/mol. The highest BCUT2D eigenvalue weighted by Crippen LogP contribution is 2.19. The highest BCUT2D eigenvalue weighted by Gasteiger charge is 2.16. The summed E-state index contributed by atoms with van der Waals surface area (Å²) in [6, 6.07) is 11.2. The largest absolute Gasteiger partial charge is 0.492 e. The van der Waals surface area contributed by atoms with Gasteiger partial charge in [-0.2, -0.15) is 0 Å². The van der Waals surface area contributed by atoms with Crippen LogP contribution in [0.25, 0.3) is 10.9 Å². The van der Waals surface area contributed by atoms with Crippen LogP contribution in [0.5, 0.6) is 5.75 Å². The number of likely N-dealkylation sites (N-methyl/N-ethyl adjacent to an activating group) is 1. The van der Waals surface area contributed by atoms with Crippen molar-refractivity contribution in [3.8, 4) is 5.75 Å². The average molecular weight is 447 g/mol. The van der Waals surface area contributed by atoms with Crippen LogP contribution in [-0.2, 0) is 16.6 Å². The van der Waals surface area contributed by atoms with Crippen molar-refractivity contribution in [1.29, 1.82) is 0 Å². The number of hydrogen-bond acceptors (Lipinski definition) is 6. The van der Waals surface area contributed by atoms with Crippen molar-refractivity contribution in [2.45, 2.75) is 25.3 Å². The highest BCUT2D eigenvalue weighted by molar-refractivity contribution is 7.89. The van der Waals surface area contributed by atoms with E-state index in [0.29, 0.717) is 17.9 Å². The molecule has 10 heteroatoms. The molecule has 1 aromatic heterocycles. The number of para-hydroxylation sites is 1. The zero-order valence-corrected chi connectivity index (χ0v) is 18.3. The molecule has 0 spiro atoms. The number of rotatable bonds is 10. The first-order valence-corrected chi connectivity index (χ1v) is 11.5. The fraction of sp³-hybridized carbons (Fsp3) is 0.333. The van der Waals surface area contributed by atoms with E-state index < -0.39 is 21.3 Å². The van der Waals surface area contributed by atoms with Gasteiger partial charge in [0.05, 0.1) is 15.8 Å². The van der Waals surface area contributed by atoms with Crippen molar-refractivity contribution in [2.75, 3.05) is 26.2 Å². The highest BCUT2D eigenvalue weighted by atomic mass is 32.2. The van der Waals surface area contributed by atoms with E-state index in [1.807, 2.05) is 12.1 Å². The molecule has 0 aliphatic carbocycles. The molecule has 2 aromatic carbocycles. The van der Waals surface area contributed by atoms with E-state index in [-0.39, 0.29) is 22.3 Å². The van der Waals surface area contributed by atoms with Crippen LogP contribution in [0.3, 0.4) is 0 Å². The molecular formula is C21H26N4O5S. The minimum Gasteiger partial charge on any atom is -0.492 e. The Labute approximate surface area is 180 Å². The molecule has 0 aliphatic rings. The first-order chi connectivity index (χ1) is 14.8. The molecule has 166 valence electrons. The number of ether oxygens (including phenoxy) is 1. The van der Waals surface area contributed by atoms with Gasteiger partial charge in [-0.1, -0.05) is 32.0 Å². The Morgan fingerprint density at radius 2 is 1.77 bits per heavy atom. The number of nitrogens with one attached hydrogen (secondary N) is 3. The molecular weight excluding hydrogens is 420 g/mol. The number of aromatic amines is 2. The molecule has 0 saturated carbocycles. The van der Waals surface area contributed by atoms with Gasteiger partial charge >= 0.3 is 5.69 Å². The van der Waals surface area contributed by atoms with Crippen molar-refractivity contribution in [2.24, 2.45) is 0 Å². The van der Waals surface area contributed by atoms with Gasteiger partial charge in [0, 0.05) is 18.7 Å². The maximum absolute atomic E-state index is 12.8. The Morgan fingerprint density at radius 3 is 2.52 bits per heavy atom. The van der Waals surface area contributed by atoms with Crippen LogP contribution in [0.2, 0.25) is 0 Å². The van der Waals surface area contributed by atoms with E-state index in [9.17, 15) is 18.0 Å². The van der Waals surface area contributed by atoms with Gasteiger partial charge in [-0.25, -0.2) is 17.9 Å². The lowest BCUT2D eigenvalue weighted by molar-refractivity contribution is 0.221. The summed E-state index contributed by atoms with van der Waals surface area (Å²) in [6.45, 7) is 7.35. The Bertz CT molecular complexity index is 1260. The number of nitrogens with zero attached hydrogens (tertiary/aromatic N) is 1. The first kappa shape index (κ1) is 22.7. The number of fused-ring (bicyclic) bond motifs is 1. The van der Waals surface area contributed by atoms with Gasteiger partial charge in [-0.15, -0.1) is 0 Å². The van der Waals surface area contributed by atoms with Gasteiger partial charge < -0.3 is 14.6 Å². The number of aromatic nitrogens is 2. The van der Waals surface area contributed by atoms with Crippen molar-refractivity contribution in [3.05, 3.63) is 68.9 Å². The second-order valence-electron chi connectivity index (χ2n) is 6.92. The summed E-state index contributed by atoms with van der Waals surface area (Å²) in [5.74, 6) is 0.616. The fourth-order valence-corrected chi connectivity index (χ4v) is 4.22. The van der Waals surface area contributed by atoms with Gasteiger partial charge in [0.15, 0.2) is 0 Å². The third kappa shape index (κ3) is 5.60. The molecule has 0 unspecified atom stereocenters. The summed E-state index contributed by atoms with van der Waals surface area (Å²) in [7, 11) is -3.89. The third-order valence-corrected chi connectivity index (χ3v) is 6.40. The molecule has 0 amide bonds. The molecule has 0 saturated heterocycles. The van der Waals surface area contributed by atoms with E-state index >= 15 is 0 Å². The number of H-pyrrole nitrogens is 2. The quantitative estimate of drug-likeness (QED) is 0.433. The molecule has 3 rings (SSSR count). The Hall–Kier alpha value is -2.95. The minimum atomic E-state index is -3.89. The second-order valence-corrected chi connectivity index (χ2v) is 8.69. The lowest BCUT2D eigenvalue weighted by atomic mass is 10.2. The first-order valence-electron chi connectivity index (χ1n) is 10.0. The van der Waals surface area contributed by atoms with Gasteiger partial charge in [0.2, 0.25) is 10.0 Å². The Balaban J connectivity index is 1.74. The van der Waals surface area contributed by atoms with E-state index in [0.717, 1.165) is 19.6 Å². The molecule has 0 atom stereocenters. The van der Waals surface area contributed by atoms with Crippen molar-refractivity contribution in [3.63, 3.8) is 0 Å². The fourth-order valence-electron chi connectivity index (χ4n) is 3.18. The zero-order valence-electron chi connectivity index (χ0n) is 17.5. The summed E-state index contributed by atoms with van der Waals surface area (Å²) < 4.78 is 34.0. The summed E-state index contributed by atoms with van der Waals surface area (Å²) in [5.41, 5.74) is -0.334. The predicted molar refractivity (Wildman–Crippen MR) is 119 cm³/mol. The lowest BCUT2D eigenvalue weighted by Gasteiger charge is -2.19. The van der Waals surface area contributed by atoms with Crippen LogP contribution in [0, 0.1) is 0 Å². The van der Waals surface area contributed by atoms with Crippen LogP contribution >= 0.6 is 0 Å². The molecule has 3 N–H and O–H groups in total. The summed E-state index contributed by atoms with van der Waals surface area (Å²) >= 11 is 0.